The summed E-state index contributed by atoms with van der Waals surface area (Å²) in [4.78, 5) is 18.5. The third-order valence-corrected chi connectivity index (χ3v) is 6.92. The Morgan fingerprint density at radius 1 is 0.950 bits per heavy atom. The summed E-state index contributed by atoms with van der Waals surface area (Å²) < 4.78 is 44.9. The monoisotopic (exact) mass is 548 g/mol. The zero-order valence-electron chi connectivity index (χ0n) is 22.5. The largest absolute Gasteiger partial charge is 0.493 e. The topological polar surface area (TPSA) is 85.0 Å². The quantitative estimate of drug-likeness (QED) is 0.269. The molecule has 0 atom stereocenters. The minimum absolute atomic E-state index is 0.0849. The smallest absolute Gasteiger partial charge is 0.322 e. The van der Waals surface area contributed by atoms with Crippen LogP contribution in [0.5, 0.6) is 17.2 Å². The third kappa shape index (κ3) is 5.70. The molecule has 0 aliphatic carbocycles. The zero-order valence-corrected chi connectivity index (χ0v) is 22.5. The summed E-state index contributed by atoms with van der Waals surface area (Å²) >= 11 is 0. The average molecular weight is 549 g/mol. The second-order valence-electron chi connectivity index (χ2n) is 9.52. The minimum Gasteiger partial charge on any atom is -0.493 e. The van der Waals surface area contributed by atoms with Crippen LogP contribution < -0.4 is 24.8 Å². The summed E-state index contributed by atoms with van der Waals surface area (Å²) in [6.45, 7) is 2.80. The number of aromatic nitrogens is 1. The van der Waals surface area contributed by atoms with E-state index in [0.717, 1.165) is 45.7 Å². The van der Waals surface area contributed by atoms with Crippen molar-refractivity contribution in [3.63, 3.8) is 0 Å². The Labute approximate surface area is 230 Å². The number of rotatable bonds is 7. The molecule has 40 heavy (non-hydrogen) atoms. The van der Waals surface area contributed by atoms with Crippen molar-refractivity contribution in [3.05, 3.63) is 78.0 Å². The van der Waals surface area contributed by atoms with E-state index in [1.807, 2.05) is 43.3 Å². The summed E-state index contributed by atoms with van der Waals surface area (Å²) in [5.41, 5.74) is 3.06. The van der Waals surface area contributed by atoms with Gasteiger partial charge >= 0.3 is 6.03 Å². The molecule has 5 rings (SSSR count). The van der Waals surface area contributed by atoms with Crippen LogP contribution in [0.1, 0.15) is 18.4 Å². The number of amides is 2. The number of ether oxygens (including phenoxy) is 3. The number of urea groups is 1. The van der Waals surface area contributed by atoms with E-state index in [1.54, 1.807) is 20.4 Å². The van der Waals surface area contributed by atoms with E-state index >= 15 is 0 Å². The molecule has 1 aromatic heterocycles. The van der Waals surface area contributed by atoms with Gasteiger partial charge in [0.15, 0.2) is 11.5 Å². The number of methoxy groups -OCH3 is 2. The molecule has 1 aliphatic rings. The molecule has 1 saturated heterocycles. The molecule has 1 fully saturated rings. The molecule has 10 heteroatoms. The van der Waals surface area contributed by atoms with Gasteiger partial charge in [0, 0.05) is 55.0 Å². The minimum atomic E-state index is -0.808. The fourth-order valence-corrected chi connectivity index (χ4v) is 4.76. The van der Waals surface area contributed by atoms with Crippen LogP contribution in [0.4, 0.5) is 30.6 Å². The van der Waals surface area contributed by atoms with Crippen molar-refractivity contribution in [3.8, 4) is 17.2 Å². The van der Waals surface area contributed by atoms with Gasteiger partial charge in [0.2, 0.25) is 0 Å². The van der Waals surface area contributed by atoms with Crippen molar-refractivity contribution >= 4 is 34.0 Å². The van der Waals surface area contributed by atoms with E-state index < -0.39 is 23.4 Å². The van der Waals surface area contributed by atoms with E-state index in [2.05, 4.69) is 15.6 Å². The maximum atomic E-state index is 13.9. The lowest BCUT2D eigenvalue weighted by molar-refractivity contribution is 0.115. The molecule has 0 saturated carbocycles. The van der Waals surface area contributed by atoms with E-state index in [4.69, 9.17) is 14.2 Å². The molecule has 1 aliphatic heterocycles. The highest BCUT2D eigenvalue weighted by molar-refractivity contribution is 5.95. The van der Waals surface area contributed by atoms with Gasteiger partial charge in [-0.2, -0.15) is 0 Å². The van der Waals surface area contributed by atoms with Gasteiger partial charge in [0.1, 0.15) is 29.2 Å². The van der Waals surface area contributed by atoms with Crippen molar-refractivity contribution < 1.29 is 27.8 Å². The van der Waals surface area contributed by atoms with Crippen LogP contribution >= 0.6 is 0 Å². The molecule has 2 heterocycles. The molecule has 208 valence electrons. The summed E-state index contributed by atoms with van der Waals surface area (Å²) in [7, 11) is 3.19. The van der Waals surface area contributed by atoms with Crippen LogP contribution in [-0.2, 0) is 0 Å². The summed E-state index contributed by atoms with van der Waals surface area (Å²) in [5, 5.41) is 6.70. The van der Waals surface area contributed by atoms with Crippen molar-refractivity contribution in [1.29, 1.82) is 0 Å². The number of carbonyl (C=O) groups is 1. The van der Waals surface area contributed by atoms with Gasteiger partial charge in [-0.3, -0.25) is 4.98 Å². The molecule has 2 amide bonds. The number of para-hydroxylation sites is 1. The lowest BCUT2D eigenvalue weighted by Crippen LogP contribution is -2.44. The van der Waals surface area contributed by atoms with E-state index in [-0.39, 0.29) is 6.10 Å². The Hall–Kier alpha value is -4.60. The van der Waals surface area contributed by atoms with Crippen molar-refractivity contribution in [2.75, 3.05) is 37.9 Å². The fourth-order valence-electron chi connectivity index (χ4n) is 4.76. The first-order valence-corrected chi connectivity index (χ1v) is 12.9. The number of carbonyl (C=O) groups excluding carboxylic acids is 1. The summed E-state index contributed by atoms with van der Waals surface area (Å²) in [5.74, 6) is 0.373. The van der Waals surface area contributed by atoms with Crippen molar-refractivity contribution in [1.82, 2.24) is 9.88 Å². The predicted molar refractivity (Wildman–Crippen MR) is 150 cm³/mol. The average Bonchev–Trinajstić information content (AvgIpc) is 2.96. The van der Waals surface area contributed by atoms with Crippen LogP contribution in [0.2, 0.25) is 0 Å². The fraction of sp³-hybridized carbons (Fsp3) is 0.267. The number of piperidine rings is 1. The number of anilines is 3. The van der Waals surface area contributed by atoms with Gasteiger partial charge < -0.3 is 29.7 Å². The van der Waals surface area contributed by atoms with Crippen LogP contribution in [-0.4, -0.2) is 49.3 Å². The van der Waals surface area contributed by atoms with E-state index in [9.17, 15) is 13.6 Å². The van der Waals surface area contributed by atoms with Crippen LogP contribution in [0.3, 0.4) is 0 Å². The van der Waals surface area contributed by atoms with Crippen molar-refractivity contribution in [2.45, 2.75) is 25.9 Å². The maximum Gasteiger partial charge on any atom is 0.322 e. The van der Waals surface area contributed by atoms with Crippen LogP contribution in [0, 0.1) is 18.6 Å². The highest BCUT2D eigenvalue weighted by Crippen LogP contribution is 2.36. The molecule has 3 aromatic carbocycles. The Bertz CT molecular complexity index is 1520. The first kappa shape index (κ1) is 27.0. The van der Waals surface area contributed by atoms with Gasteiger partial charge in [-0.25, -0.2) is 13.6 Å². The van der Waals surface area contributed by atoms with E-state index in [1.165, 1.54) is 11.0 Å². The molecule has 2 N–H and O–H groups in total. The number of aryl methyl sites for hydroxylation is 1. The number of likely N-dealkylation sites (tertiary alicyclic amines) is 1. The molecule has 0 spiro atoms. The first-order chi connectivity index (χ1) is 19.4. The number of nitrogens with one attached hydrogen (secondary N) is 2. The summed E-state index contributed by atoms with van der Waals surface area (Å²) in [6, 6.07) is 14.4. The normalized spacial score (nSPS) is 13.7. The van der Waals surface area contributed by atoms with Gasteiger partial charge in [0.25, 0.3) is 0 Å². The summed E-state index contributed by atoms with van der Waals surface area (Å²) in [6.07, 6.45) is 2.85. The number of pyridine rings is 1. The third-order valence-electron chi connectivity index (χ3n) is 6.92. The Kier molecular flexibility index (Phi) is 7.86. The molecular formula is C30H30F2N4O4. The number of nitrogens with zero attached hydrogens (tertiary/aromatic N) is 2. The number of hydrogen-bond donors (Lipinski definition) is 2. The number of fused-ring (bicyclic) bond motifs is 1. The number of benzene rings is 3. The lowest BCUT2D eigenvalue weighted by atomic mass is 10.1. The van der Waals surface area contributed by atoms with E-state index in [0.29, 0.717) is 37.4 Å². The maximum absolute atomic E-state index is 13.9. The van der Waals surface area contributed by atoms with Crippen LogP contribution in [0.25, 0.3) is 10.9 Å². The number of hydrogen-bond acceptors (Lipinski definition) is 6. The van der Waals surface area contributed by atoms with Crippen LogP contribution in [0.15, 0.2) is 60.8 Å². The second-order valence-corrected chi connectivity index (χ2v) is 9.52. The van der Waals surface area contributed by atoms with Gasteiger partial charge in [-0.05, 0) is 55.0 Å². The van der Waals surface area contributed by atoms with Gasteiger partial charge in [-0.1, -0.05) is 6.07 Å². The highest BCUT2D eigenvalue weighted by Gasteiger charge is 2.25. The molecule has 0 radical (unpaired) electrons. The molecule has 0 bridgehead atoms. The Morgan fingerprint density at radius 2 is 1.65 bits per heavy atom. The molecule has 0 unspecified atom stereocenters. The molecule has 8 nitrogen and oxygen atoms in total. The standard InChI is InChI=1S/C30H30F2N4O4/c1-18-15-19(34-24-9-12-33-25-17-28(39-3)27(38-2)16-21(24)25)7-8-26(18)40-20-10-13-36(14-11-20)30(37)35-29-22(31)5-4-6-23(29)32/h4-9,12,15-17,20H,10-11,13-14H2,1-3H3,(H,33,34)(H,35,37). The van der Waals surface area contributed by atoms with Gasteiger partial charge in [-0.15, -0.1) is 0 Å². The SMILES string of the molecule is COc1cc2nccc(Nc3ccc(OC4CCN(C(=O)Nc5c(F)cccc5F)CC4)c(C)c3)c2cc1OC. The Balaban J connectivity index is 1.21. The second kappa shape index (κ2) is 11.6. The highest BCUT2D eigenvalue weighted by atomic mass is 19.1. The van der Waals surface area contributed by atoms with Crippen molar-refractivity contribution in [2.24, 2.45) is 0 Å². The zero-order chi connectivity index (χ0) is 28.2. The first-order valence-electron chi connectivity index (χ1n) is 12.9. The number of halogens is 2. The van der Waals surface area contributed by atoms with Gasteiger partial charge in [0.05, 0.1) is 19.7 Å². The predicted octanol–water partition coefficient (Wildman–Crippen LogP) is 6.66. The molecule has 4 aromatic rings. The Morgan fingerprint density at radius 3 is 2.33 bits per heavy atom. The molecular weight excluding hydrogens is 518 g/mol. The lowest BCUT2D eigenvalue weighted by Gasteiger charge is -2.32.